The van der Waals surface area contributed by atoms with Crippen LogP contribution in [-0.2, 0) is 4.74 Å². The Kier molecular flexibility index (Phi) is 6.99. The molecule has 0 amide bonds. The molecule has 0 aromatic rings. The molecule has 1 heteroatoms. The molecule has 0 radical (unpaired) electrons. The third-order valence-corrected chi connectivity index (χ3v) is 11.1. The number of hydrogen-bond donors (Lipinski definition) is 0. The lowest BCUT2D eigenvalue weighted by atomic mass is 9.44. The first-order valence-electron chi connectivity index (χ1n) is 13.9. The van der Waals surface area contributed by atoms with Crippen molar-refractivity contribution in [3.8, 4) is 0 Å². The van der Waals surface area contributed by atoms with E-state index in [2.05, 4.69) is 41.5 Å². The fourth-order valence-electron chi connectivity index (χ4n) is 9.75. The standard InChI is InChI=1S/C29H52O/c1-7-30-26-19-25-23-15-14-22-13-8-9-17-28(22,5)24(23)16-18-29(25,6)27(26)21(4)12-10-11-20(2)3/h20-27H,7-19H2,1-6H3/t21-,22?,23-,24+,25+,26?,27+,28+,29+/m1/s1. The van der Waals surface area contributed by atoms with Gasteiger partial charge in [-0.05, 0) is 104 Å². The molecular formula is C29H52O. The number of fused-ring (bicyclic) bond motifs is 5. The molecule has 4 aliphatic rings. The van der Waals surface area contributed by atoms with Crippen LogP contribution in [0.3, 0.4) is 0 Å². The summed E-state index contributed by atoms with van der Waals surface area (Å²) in [6.07, 6.45) is 18.2. The summed E-state index contributed by atoms with van der Waals surface area (Å²) in [5.74, 6) is 6.39. The van der Waals surface area contributed by atoms with Crippen molar-refractivity contribution in [2.75, 3.05) is 6.61 Å². The van der Waals surface area contributed by atoms with E-state index in [9.17, 15) is 0 Å². The van der Waals surface area contributed by atoms with Gasteiger partial charge in [-0.2, -0.15) is 0 Å². The molecular weight excluding hydrogens is 364 g/mol. The maximum atomic E-state index is 6.53. The molecule has 0 N–H and O–H groups in total. The molecule has 0 aliphatic heterocycles. The third kappa shape index (κ3) is 3.92. The van der Waals surface area contributed by atoms with Crippen LogP contribution < -0.4 is 0 Å². The Balaban J connectivity index is 1.54. The van der Waals surface area contributed by atoms with Gasteiger partial charge >= 0.3 is 0 Å². The molecule has 4 aliphatic carbocycles. The predicted molar refractivity (Wildman–Crippen MR) is 128 cm³/mol. The van der Waals surface area contributed by atoms with Crippen molar-refractivity contribution in [2.24, 2.45) is 52.3 Å². The van der Waals surface area contributed by atoms with Crippen molar-refractivity contribution in [3.63, 3.8) is 0 Å². The van der Waals surface area contributed by atoms with Crippen molar-refractivity contribution in [3.05, 3.63) is 0 Å². The lowest BCUT2D eigenvalue weighted by Crippen LogP contribution is -2.53. The van der Waals surface area contributed by atoms with Gasteiger partial charge in [-0.15, -0.1) is 0 Å². The predicted octanol–water partition coefficient (Wildman–Crippen LogP) is 8.51. The highest BCUT2D eigenvalue weighted by atomic mass is 16.5. The maximum Gasteiger partial charge on any atom is 0.0613 e. The van der Waals surface area contributed by atoms with Gasteiger partial charge in [0, 0.05) is 6.61 Å². The highest BCUT2D eigenvalue weighted by Crippen LogP contribution is 2.68. The molecule has 1 nitrogen and oxygen atoms in total. The molecule has 0 aromatic carbocycles. The Morgan fingerprint density at radius 2 is 1.67 bits per heavy atom. The molecule has 2 unspecified atom stereocenters. The van der Waals surface area contributed by atoms with Gasteiger partial charge in [0.15, 0.2) is 0 Å². The first-order valence-corrected chi connectivity index (χ1v) is 13.9. The van der Waals surface area contributed by atoms with Gasteiger partial charge in [-0.1, -0.05) is 66.7 Å². The normalized spacial score (nSPS) is 46.9. The van der Waals surface area contributed by atoms with Gasteiger partial charge < -0.3 is 4.74 Å². The van der Waals surface area contributed by atoms with Crippen LogP contribution in [0.2, 0.25) is 0 Å². The minimum atomic E-state index is 0.523. The first kappa shape index (κ1) is 23.1. The highest BCUT2D eigenvalue weighted by molar-refractivity contribution is 5.11. The van der Waals surface area contributed by atoms with E-state index in [1.54, 1.807) is 0 Å². The second kappa shape index (κ2) is 9.07. The zero-order valence-electron chi connectivity index (χ0n) is 21.2. The second-order valence-electron chi connectivity index (χ2n) is 13.0. The van der Waals surface area contributed by atoms with Gasteiger partial charge in [-0.25, -0.2) is 0 Å². The lowest BCUT2D eigenvalue weighted by Gasteiger charge is -2.60. The minimum Gasteiger partial charge on any atom is -0.378 e. The Bertz CT molecular complexity index is 569. The molecule has 0 saturated heterocycles. The summed E-state index contributed by atoms with van der Waals surface area (Å²) in [7, 11) is 0. The molecule has 4 rings (SSSR count). The van der Waals surface area contributed by atoms with Crippen LogP contribution >= 0.6 is 0 Å². The summed E-state index contributed by atoms with van der Waals surface area (Å²) >= 11 is 0. The third-order valence-electron chi connectivity index (χ3n) is 11.1. The molecule has 9 atom stereocenters. The maximum absolute atomic E-state index is 6.53. The topological polar surface area (TPSA) is 9.23 Å². The molecule has 4 fully saturated rings. The summed E-state index contributed by atoms with van der Waals surface area (Å²) in [5.41, 5.74) is 1.18. The van der Waals surface area contributed by atoms with Gasteiger partial charge in [0.2, 0.25) is 0 Å². The van der Waals surface area contributed by atoms with Crippen LogP contribution in [-0.4, -0.2) is 12.7 Å². The van der Waals surface area contributed by atoms with Crippen molar-refractivity contribution >= 4 is 0 Å². The van der Waals surface area contributed by atoms with Crippen LogP contribution in [0.1, 0.15) is 119 Å². The average molecular weight is 417 g/mol. The number of ether oxygens (including phenoxy) is 1. The number of hydrogen-bond acceptors (Lipinski definition) is 1. The lowest BCUT2D eigenvalue weighted by molar-refractivity contribution is -0.116. The Morgan fingerprint density at radius 3 is 2.40 bits per heavy atom. The van der Waals surface area contributed by atoms with E-state index in [0.29, 0.717) is 16.9 Å². The van der Waals surface area contributed by atoms with Gasteiger partial charge in [0.05, 0.1) is 6.10 Å². The zero-order chi connectivity index (χ0) is 21.5. The SMILES string of the molecule is CCOC1C[C@H]2[C@@H]3CCC4CCCC[C@]4(C)[C@H]3CC[C@]2(C)[C@H]1[C@H](C)CCCC(C)C. The van der Waals surface area contributed by atoms with E-state index in [0.717, 1.165) is 48.0 Å². The smallest absolute Gasteiger partial charge is 0.0613 e. The monoisotopic (exact) mass is 416 g/mol. The van der Waals surface area contributed by atoms with E-state index in [1.165, 1.54) is 77.0 Å². The van der Waals surface area contributed by atoms with Crippen molar-refractivity contribution in [2.45, 2.75) is 125 Å². The molecule has 0 heterocycles. The van der Waals surface area contributed by atoms with E-state index < -0.39 is 0 Å². The summed E-state index contributed by atoms with van der Waals surface area (Å²) in [4.78, 5) is 0. The minimum absolute atomic E-state index is 0.523. The van der Waals surface area contributed by atoms with Crippen molar-refractivity contribution < 1.29 is 4.74 Å². The van der Waals surface area contributed by atoms with Gasteiger partial charge in [-0.3, -0.25) is 0 Å². The fourth-order valence-corrected chi connectivity index (χ4v) is 9.75. The van der Waals surface area contributed by atoms with Crippen LogP contribution in [0.15, 0.2) is 0 Å². The molecule has 30 heavy (non-hydrogen) atoms. The van der Waals surface area contributed by atoms with Crippen LogP contribution in [0.4, 0.5) is 0 Å². The quantitative estimate of drug-likeness (QED) is 0.404. The Hall–Kier alpha value is -0.0400. The summed E-state index contributed by atoms with van der Waals surface area (Å²) in [6, 6.07) is 0. The van der Waals surface area contributed by atoms with E-state index >= 15 is 0 Å². The summed E-state index contributed by atoms with van der Waals surface area (Å²) < 4.78 is 6.53. The highest BCUT2D eigenvalue weighted by Gasteiger charge is 2.62. The van der Waals surface area contributed by atoms with Gasteiger partial charge in [0.25, 0.3) is 0 Å². The number of rotatable bonds is 7. The first-order chi connectivity index (χ1) is 14.3. The van der Waals surface area contributed by atoms with Gasteiger partial charge in [0.1, 0.15) is 0 Å². The van der Waals surface area contributed by atoms with Crippen LogP contribution in [0, 0.1) is 52.3 Å². The largest absolute Gasteiger partial charge is 0.378 e. The molecule has 4 saturated carbocycles. The zero-order valence-corrected chi connectivity index (χ0v) is 21.2. The van der Waals surface area contributed by atoms with Crippen LogP contribution in [0.25, 0.3) is 0 Å². The summed E-state index contributed by atoms with van der Waals surface area (Å²) in [5, 5.41) is 0. The molecule has 0 bridgehead atoms. The fraction of sp³-hybridized carbons (Fsp3) is 1.00. The second-order valence-corrected chi connectivity index (χ2v) is 13.0. The van der Waals surface area contributed by atoms with E-state index in [-0.39, 0.29) is 0 Å². The van der Waals surface area contributed by atoms with E-state index in [4.69, 9.17) is 4.74 Å². The van der Waals surface area contributed by atoms with Crippen molar-refractivity contribution in [1.82, 2.24) is 0 Å². The molecule has 0 aromatic heterocycles. The van der Waals surface area contributed by atoms with Crippen LogP contribution in [0.5, 0.6) is 0 Å². The van der Waals surface area contributed by atoms with Crippen molar-refractivity contribution in [1.29, 1.82) is 0 Å². The Labute approximate surface area is 188 Å². The average Bonchev–Trinajstić information content (AvgIpc) is 2.99. The molecule has 0 spiro atoms. The molecule has 174 valence electrons. The summed E-state index contributed by atoms with van der Waals surface area (Å²) in [6.45, 7) is 15.9. The Morgan fingerprint density at radius 1 is 0.867 bits per heavy atom. The van der Waals surface area contributed by atoms with E-state index in [1.807, 2.05) is 0 Å².